The van der Waals surface area contributed by atoms with Gasteiger partial charge in [0.1, 0.15) is 5.56 Å². The van der Waals surface area contributed by atoms with Crippen molar-refractivity contribution in [1.82, 2.24) is 14.8 Å². The van der Waals surface area contributed by atoms with Crippen LogP contribution in [0.5, 0.6) is 0 Å². The van der Waals surface area contributed by atoms with Gasteiger partial charge in [-0.2, -0.15) is 9.49 Å². The second-order valence-corrected chi connectivity index (χ2v) is 4.69. The number of H-pyrrole nitrogens is 1. The molecule has 0 amide bonds. The summed E-state index contributed by atoms with van der Waals surface area (Å²) in [6.45, 7) is 0. The number of fused-ring (bicyclic) bond motifs is 1. The molecule has 0 bridgehead atoms. The van der Waals surface area contributed by atoms with E-state index in [9.17, 15) is 14.0 Å². The second kappa shape index (κ2) is 4.99. The SMILES string of the molecule is Cn1ncc2ccc(Nc3c(C(=O)O)c[nH]c(=O)c3F)cc21. The molecule has 0 fully saturated rings. The maximum atomic E-state index is 14.0. The minimum Gasteiger partial charge on any atom is -0.478 e. The van der Waals surface area contributed by atoms with E-state index in [0.29, 0.717) is 5.69 Å². The van der Waals surface area contributed by atoms with Crippen LogP contribution in [0.4, 0.5) is 15.8 Å². The van der Waals surface area contributed by atoms with E-state index < -0.39 is 17.3 Å². The summed E-state index contributed by atoms with van der Waals surface area (Å²) in [6.07, 6.45) is 2.63. The number of aromatic amines is 1. The zero-order valence-corrected chi connectivity index (χ0v) is 11.4. The number of pyridine rings is 1. The van der Waals surface area contributed by atoms with E-state index in [1.165, 1.54) is 0 Å². The molecule has 7 nitrogen and oxygen atoms in total. The van der Waals surface area contributed by atoms with Crippen LogP contribution >= 0.6 is 0 Å². The van der Waals surface area contributed by atoms with E-state index in [1.54, 1.807) is 36.1 Å². The van der Waals surface area contributed by atoms with Crippen molar-refractivity contribution in [2.75, 3.05) is 5.32 Å². The predicted molar refractivity (Wildman–Crippen MR) is 78.0 cm³/mol. The molecule has 2 heterocycles. The van der Waals surface area contributed by atoms with Gasteiger partial charge in [-0.05, 0) is 18.2 Å². The molecule has 3 rings (SSSR count). The van der Waals surface area contributed by atoms with Crippen LogP contribution in [0.2, 0.25) is 0 Å². The van der Waals surface area contributed by atoms with Crippen LogP contribution in [0.25, 0.3) is 10.9 Å². The van der Waals surface area contributed by atoms with E-state index in [0.717, 1.165) is 17.1 Å². The van der Waals surface area contributed by atoms with Gasteiger partial charge in [0, 0.05) is 24.3 Å². The lowest BCUT2D eigenvalue weighted by Crippen LogP contribution is -2.17. The van der Waals surface area contributed by atoms with Crippen molar-refractivity contribution in [2.24, 2.45) is 7.05 Å². The summed E-state index contributed by atoms with van der Waals surface area (Å²) in [4.78, 5) is 24.6. The molecular formula is C14H11FN4O3. The van der Waals surface area contributed by atoms with Crippen LogP contribution in [-0.2, 0) is 7.05 Å². The van der Waals surface area contributed by atoms with Crippen molar-refractivity contribution >= 4 is 28.2 Å². The largest absolute Gasteiger partial charge is 0.478 e. The number of carbonyl (C=O) groups is 1. The third-order valence-electron chi connectivity index (χ3n) is 3.28. The van der Waals surface area contributed by atoms with Gasteiger partial charge in [-0.25, -0.2) is 4.79 Å². The first-order chi connectivity index (χ1) is 10.5. The summed E-state index contributed by atoms with van der Waals surface area (Å²) in [5.41, 5.74) is -0.496. The van der Waals surface area contributed by atoms with E-state index in [1.807, 2.05) is 4.98 Å². The van der Waals surface area contributed by atoms with Crippen molar-refractivity contribution in [3.05, 3.63) is 52.3 Å². The quantitative estimate of drug-likeness (QED) is 0.685. The van der Waals surface area contributed by atoms with Crippen LogP contribution in [0, 0.1) is 5.82 Å². The van der Waals surface area contributed by atoms with Gasteiger partial charge in [0.25, 0.3) is 5.56 Å². The zero-order valence-electron chi connectivity index (χ0n) is 11.4. The molecule has 2 aromatic heterocycles. The van der Waals surface area contributed by atoms with E-state index >= 15 is 0 Å². The Hall–Kier alpha value is -3.16. The van der Waals surface area contributed by atoms with Gasteiger partial charge in [0.2, 0.25) is 5.82 Å². The van der Waals surface area contributed by atoms with Crippen LogP contribution in [0.1, 0.15) is 10.4 Å². The summed E-state index contributed by atoms with van der Waals surface area (Å²) in [7, 11) is 1.75. The van der Waals surface area contributed by atoms with Crippen molar-refractivity contribution in [3.63, 3.8) is 0 Å². The molecule has 0 atom stereocenters. The predicted octanol–water partition coefficient (Wildman–Crippen LogP) is 1.84. The van der Waals surface area contributed by atoms with E-state index in [2.05, 4.69) is 10.4 Å². The van der Waals surface area contributed by atoms with Gasteiger partial charge in [-0.3, -0.25) is 9.48 Å². The molecule has 1 aromatic carbocycles. The van der Waals surface area contributed by atoms with Gasteiger partial charge in [-0.1, -0.05) is 0 Å². The summed E-state index contributed by atoms with van der Waals surface area (Å²) >= 11 is 0. The zero-order chi connectivity index (χ0) is 15.9. The van der Waals surface area contributed by atoms with Crippen LogP contribution < -0.4 is 10.9 Å². The minimum absolute atomic E-state index is 0.359. The molecule has 112 valence electrons. The van der Waals surface area contributed by atoms with Gasteiger partial charge >= 0.3 is 5.97 Å². The Morgan fingerprint density at radius 2 is 2.23 bits per heavy atom. The lowest BCUT2D eigenvalue weighted by atomic mass is 10.2. The second-order valence-electron chi connectivity index (χ2n) is 4.69. The molecule has 0 aliphatic carbocycles. The lowest BCUT2D eigenvalue weighted by molar-refractivity contribution is 0.0697. The Morgan fingerprint density at radius 1 is 1.45 bits per heavy atom. The molecule has 3 aromatic rings. The average molecular weight is 302 g/mol. The molecule has 3 N–H and O–H groups in total. The molecule has 0 spiro atoms. The summed E-state index contributed by atoms with van der Waals surface area (Å²) in [5.74, 6) is -2.52. The van der Waals surface area contributed by atoms with Gasteiger partial charge in [0.15, 0.2) is 0 Å². The molecule has 0 saturated carbocycles. The Labute approximate surface area is 123 Å². The van der Waals surface area contributed by atoms with Gasteiger partial charge in [0.05, 0.1) is 17.4 Å². The minimum atomic E-state index is -1.35. The average Bonchev–Trinajstić information content (AvgIpc) is 2.85. The van der Waals surface area contributed by atoms with Crippen molar-refractivity contribution in [2.45, 2.75) is 0 Å². The van der Waals surface area contributed by atoms with Crippen molar-refractivity contribution < 1.29 is 14.3 Å². The Morgan fingerprint density at radius 3 is 2.95 bits per heavy atom. The number of hydrogen-bond donors (Lipinski definition) is 3. The molecule has 22 heavy (non-hydrogen) atoms. The summed E-state index contributed by atoms with van der Waals surface area (Å²) in [5, 5.41) is 16.7. The van der Waals surface area contributed by atoms with Gasteiger partial charge in [-0.15, -0.1) is 0 Å². The Bertz CT molecular complexity index is 945. The Kier molecular flexibility index (Phi) is 3.13. The topological polar surface area (TPSA) is 100 Å². The number of nitrogens with zero attached hydrogens (tertiary/aromatic N) is 2. The fourth-order valence-corrected chi connectivity index (χ4v) is 2.16. The summed E-state index contributed by atoms with van der Waals surface area (Å²) < 4.78 is 15.6. The highest BCUT2D eigenvalue weighted by Crippen LogP contribution is 2.25. The van der Waals surface area contributed by atoms with Crippen molar-refractivity contribution in [3.8, 4) is 0 Å². The number of halogens is 1. The monoisotopic (exact) mass is 302 g/mol. The van der Waals surface area contributed by atoms with E-state index in [-0.39, 0.29) is 11.3 Å². The summed E-state index contributed by atoms with van der Waals surface area (Å²) in [6, 6.07) is 5.10. The number of benzene rings is 1. The number of nitrogens with one attached hydrogen (secondary N) is 2. The first-order valence-corrected chi connectivity index (χ1v) is 6.30. The normalized spacial score (nSPS) is 10.8. The highest BCUT2D eigenvalue weighted by atomic mass is 19.1. The number of carboxylic acid groups (broad SMARTS) is 1. The third kappa shape index (κ3) is 2.20. The number of rotatable bonds is 3. The molecule has 0 unspecified atom stereocenters. The van der Waals surface area contributed by atoms with Crippen molar-refractivity contribution in [1.29, 1.82) is 0 Å². The smallest absolute Gasteiger partial charge is 0.339 e. The van der Waals surface area contributed by atoms with Crippen LogP contribution in [-0.4, -0.2) is 25.8 Å². The third-order valence-corrected chi connectivity index (χ3v) is 3.28. The number of aromatic carboxylic acids is 1. The number of aryl methyl sites for hydroxylation is 1. The van der Waals surface area contributed by atoms with E-state index in [4.69, 9.17) is 5.11 Å². The molecule has 0 saturated heterocycles. The molecule has 0 aliphatic heterocycles. The number of hydrogen-bond acceptors (Lipinski definition) is 4. The first-order valence-electron chi connectivity index (χ1n) is 6.30. The maximum Gasteiger partial charge on any atom is 0.339 e. The first kappa shape index (κ1) is 13.8. The number of anilines is 2. The van der Waals surface area contributed by atoms with Crippen LogP contribution in [0.3, 0.4) is 0 Å². The van der Waals surface area contributed by atoms with Gasteiger partial charge < -0.3 is 15.4 Å². The standard InChI is InChI=1S/C14H11FN4O3/c1-19-10-4-8(3-2-7(10)5-17-19)18-12-9(14(21)22)6-16-13(20)11(12)15/h2-6H,1H3,(H,21,22)(H2,16,18,20). The highest BCUT2D eigenvalue weighted by Gasteiger charge is 2.18. The maximum absolute atomic E-state index is 14.0. The fraction of sp³-hybridized carbons (Fsp3) is 0.0714. The molecule has 0 aliphatic rings. The molecule has 8 heteroatoms. The number of carboxylic acids is 1. The van der Waals surface area contributed by atoms with Crippen LogP contribution in [0.15, 0.2) is 35.4 Å². The molecule has 0 radical (unpaired) electrons. The fourth-order valence-electron chi connectivity index (χ4n) is 2.16. The number of aromatic nitrogens is 3. The highest BCUT2D eigenvalue weighted by molar-refractivity contribution is 5.95. The Balaban J connectivity index is 2.11. The molecular weight excluding hydrogens is 291 g/mol. The lowest BCUT2D eigenvalue weighted by Gasteiger charge is -2.10.